The summed E-state index contributed by atoms with van der Waals surface area (Å²) >= 11 is 0. The Hall–Kier alpha value is -1.71. The van der Waals surface area contributed by atoms with Gasteiger partial charge in [-0.1, -0.05) is 12.1 Å². The molecule has 0 heterocycles. The highest BCUT2D eigenvalue weighted by Crippen LogP contribution is 2.14. The number of amides is 2. The van der Waals surface area contributed by atoms with E-state index in [2.05, 4.69) is 42.3 Å². The van der Waals surface area contributed by atoms with E-state index in [0.29, 0.717) is 6.54 Å². The number of nitrogens with two attached hydrogens (primary N) is 1. The zero-order valence-electron chi connectivity index (χ0n) is 9.86. The van der Waals surface area contributed by atoms with Crippen molar-refractivity contribution in [3.05, 3.63) is 29.8 Å². The van der Waals surface area contributed by atoms with Crippen LogP contribution in [-0.2, 0) is 0 Å². The van der Waals surface area contributed by atoms with Crippen molar-refractivity contribution >= 4 is 11.7 Å². The Morgan fingerprint density at radius 2 is 2.25 bits per heavy atom. The minimum absolute atomic E-state index is 0.472. The minimum atomic E-state index is -0.472. The summed E-state index contributed by atoms with van der Waals surface area (Å²) in [4.78, 5) is 12.7. The number of aryl methyl sites for hydroxylation is 1. The zero-order chi connectivity index (χ0) is 12.0. The van der Waals surface area contributed by atoms with Crippen LogP contribution in [0.15, 0.2) is 24.3 Å². The van der Waals surface area contributed by atoms with Gasteiger partial charge in [0.2, 0.25) is 0 Å². The van der Waals surface area contributed by atoms with Gasteiger partial charge in [0, 0.05) is 25.3 Å². The molecule has 0 bridgehead atoms. The molecule has 0 atom stereocenters. The van der Waals surface area contributed by atoms with Gasteiger partial charge in [0.15, 0.2) is 0 Å². The highest BCUT2D eigenvalue weighted by molar-refractivity contribution is 5.71. The second-order valence-electron chi connectivity index (χ2n) is 3.71. The maximum atomic E-state index is 10.6. The minimum Gasteiger partial charge on any atom is -0.370 e. The lowest BCUT2D eigenvalue weighted by Crippen LogP contribution is -2.37. The smallest absolute Gasteiger partial charge is 0.312 e. The van der Waals surface area contributed by atoms with Gasteiger partial charge in [0.1, 0.15) is 0 Å². The number of anilines is 1. The van der Waals surface area contributed by atoms with Crippen molar-refractivity contribution in [3.63, 3.8) is 0 Å². The lowest BCUT2D eigenvalue weighted by atomic mass is 10.2. The molecule has 4 heteroatoms. The van der Waals surface area contributed by atoms with E-state index >= 15 is 0 Å². The van der Waals surface area contributed by atoms with E-state index in [1.807, 2.05) is 6.07 Å². The normalized spacial score (nSPS) is 9.88. The van der Waals surface area contributed by atoms with E-state index in [-0.39, 0.29) is 0 Å². The van der Waals surface area contributed by atoms with Crippen molar-refractivity contribution in [2.45, 2.75) is 13.8 Å². The SMILES string of the molecule is CCN(CCNC(N)=O)c1cccc(C)c1. The number of rotatable bonds is 5. The molecule has 0 aliphatic carbocycles. The Bertz CT molecular complexity index is 352. The van der Waals surface area contributed by atoms with Crippen LogP contribution in [0.25, 0.3) is 0 Å². The van der Waals surface area contributed by atoms with Crippen LogP contribution in [0, 0.1) is 6.92 Å². The van der Waals surface area contributed by atoms with Gasteiger partial charge < -0.3 is 16.0 Å². The van der Waals surface area contributed by atoms with Gasteiger partial charge in [-0.3, -0.25) is 0 Å². The fraction of sp³-hybridized carbons (Fsp3) is 0.417. The van der Waals surface area contributed by atoms with Gasteiger partial charge >= 0.3 is 6.03 Å². The third-order valence-electron chi connectivity index (χ3n) is 2.43. The number of urea groups is 1. The van der Waals surface area contributed by atoms with Crippen LogP contribution >= 0.6 is 0 Å². The predicted octanol–water partition coefficient (Wildman–Crippen LogP) is 1.49. The van der Waals surface area contributed by atoms with Gasteiger partial charge in [0.05, 0.1) is 0 Å². The van der Waals surface area contributed by atoms with E-state index in [1.165, 1.54) is 11.3 Å². The molecule has 0 aromatic heterocycles. The second kappa shape index (κ2) is 6.00. The summed E-state index contributed by atoms with van der Waals surface area (Å²) in [7, 11) is 0. The van der Waals surface area contributed by atoms with E-state index in [4.69, 9.17) is 5.73 Å². The number of benzene rings is 1. The Kier molecular flexibility index (Phi) is 4.64. The van der Waals surface area contributed by atoms with Crippen molar-refractivity contribution < 1.29 is 4.79 Å². The third-order valence-corrected chi connectivity index (χ3v) is 2.43. The Morgan fingerprint density at radius 3 is 2.81 bits per heavy atom. The summed E-state index contributed by atoms with van der Waals surface area (Å²) in [5, 5.41) is 2.59. The van der Waals surface area contributed by atoms with Crippen molar-refractivity contribution in [1.82, 2.24) is 5.32 Å². The number of primary amides is 1. The van der Waals surface area contributed by atoms with Crippen LogP contribution in [0.4, 0.5) is 10.5 Å². The molecule has 0 saturated carbocycles. The molecule has 0 aliphatic rings. The van der Waals surface area contributed by atoms with Crippen LogP contribution in [0.2, 0.25) is 0 Å². The standard InChI is InChI=1S/C12H19N3O/c1-3-15(8-7-14-12(13)16)11-6-4-5-10(2)9-11/h4-6,9H,3,7-8H2,1-2H3,(H3,13,14,16). The van der Waals surface area contributed by atoms with Crippen molar-refractivity contribution in [3.8, 4) is 0 Å². The Morgan fingerprint density at radius 1 is 1.50 bits per heavy atom. The Balaban J connectivity index is 2.57. The Labute approximate surface area is 96.4 Å². The quantitative estimate of drug-likeness (QED) is 0.791. The molecule has 3 N–H and O–H groups in total. The summed E-state index contributed by atoms with van der Waals surface area (Å²) in [5.41, 5.74) is 7.42. The number of hydrogen-bond acceptors (Lipinski definition) is 2. The molecule has 0 saturated heterocycles. The molecule has 1 rings (SSSR count). The molecular formula is C12H19N3O. The maximum absolute atomic E-state index is 10.6. The summed E-state index contributed by atoms with van der Waals surface area (Å²) in [5.74, 6) is 0. The van der Waals surface area contributed by atoms with E-state index in [0.717, 1.165) is 13.1 Å². The van der Waals surface area contributed by atoms with Crippen molar-refractivity contribution in [2.75, 3.05) is 24.5 Å². The summed E-state index contributed by atoms with van der Waals surface area (Å²) < 4.78 is 0. The molecule has 0 radical (unpaired) electrons. The van der Waals surface area contributed by atoms with Crippen LogP contribution in [0.3, 0.4) is 0 Å². The summed E-state index contributed by atoms with van der Waals surface area (Å²) in [6.07, 6.45) is 0. The number of carbonyl (C=O) groups is 1. The number of nitrogens with zero attached hydrogens (tertiary/aromatic N) is 1. The molecule has 16 heavy (non-hydrogen) atoms. The van der Waals surface area contributed by atoms with Crippen LogP contribution < -0.4 is 16.0 Å². The predicted molar refractivity (Wildman–Crippen MR) is 66.7 cm³/mol. The van der Waals surface area contributed by atoms with Crippen LogP contribution in [0.5, 0.6) is 0 Å². The molecule has 0 aliphatic heterocycles. The lowest BCUT2D eigenvalue weighted by molar-refractivity contribution is 0.249. The third kappa shape index (κ3) is 3.81. The molecular weight excluding hydrogens is 202 g/mol. The topological polar surface area (TPSA) is 58.4 Å². The maximum Gasteiger partial charge on any atom is 0.312 e. The molecule has 0 spiro atoms. The average Bonchev–Trinajstić information content (AvgIpc) is 2.24. The number of likely N-dealkylation sites (N-methyl/N-ethyl adjacent to an activating group) is 1. The van der Waals surface area contributed by atoms with E-state index in [1.54, 1.807) is 0 Å². The van der Waals surface area contributed by atoms with E-state index in [9.17, 15) is 4.79 Å². The number of hydrogen-bond donors (Lipinski definition) is 2. The zero-order valence-corrected chi connectivity index (χ0v) is 9.86. The fourth-order valence-corrected chi connectivity index (χ4v) is 1.61. The summed E-state index contributed by atoms with van der Waals surface area (Å²) in [6.45, 7) is 6.40. The fourth-order valence-electron chi connectivity index (χ4n) is 1.61. The first kappa shape index (κ1) is 12.4. The first-order chi connectivity index (χ1) is 7.63. The van der Waals surface area contributed by atoms with Crippen LogP contribution in [0.1, 0.15) is 12.5 Å². The van der Waals surface area contributed by atoms with Gasteiger partial charge in [-0.25, -0.2) is 4.79 Å². The molecule has 88 valence electrons. The van der Waals surface area contributed by atoms with E-state index < -0.39 is 6.03 Å². The summed E-state index contributed by atoms with van der Waals surface area (Å²) in [6, 6.07) is 7.84. The average molecular weight is 221 g/mol. The van der Waals surface area contributed by atoms with Gasteiger partial charge in [0.25, 0.3) is 0 Å². The van der Waals surface area contributed by atoms with Gasteiger partial charge in [-0.05, 0) is 31.5 Å². The highest BCUT2D eigenvalue weighted by Gasteiger charge is 2.03. The number of carbonyl (C=O) groups excluding carboxylic acids is 1. The molecule has 0 fully saturated rings. The monoisotopic (exact) mass is 221 g/mol. The lowest BCUT2D eigenvalue weighted by Gasteiger charge is -2.23. The van der Waals surface area contributed by atoms with Crippen molar-refractivity contribution in [2.24, 2.45) is 5.73 Å². The molecule has 1 aromatic carbocycles. The molecule has 0 unspecified atom stereocenters. The van der Waals surface area contributed by atoms with Crippen molar-refractivity contribution in [1.29, 1.82) is 0 Å². The first-order valence-corrected chi connectivity index (χ1v) is 5.48. The molecule has 1 aromatic rings. The van der Waals surface area contributed by atoms with Crippen LogP contribution in [-0.4, -0.2) is 25.7 Å². The second-order valence-corrected chi connectivity index (χ2v) is 3.71. The molecule has 2 amide bonds. The highest BCUT2D eigenvalue weighted by atomic mass is 16.2. The van der Waals surface area contributed by atoms with Gasteiger partial charge in [-0.15, -0.1) is 0 Å². The number of nitrogens with one attached hydrogen (secondary N) is 1. The first-order valence-electron chi connectivity index (χ1n) is 5.48. The van der Waals surface area contributed by atoms with Gasteiger partial charge in [-0.2, -0.15) is 0 Å². The largest absolute Gasteiger partial charge is 0.370 e. The molecule has 4 nitrogen and oxygen atoms in total.